The zero-order valence-corrected chi connectivity index (χ0v) is 14.7. The van der Waals surface area contributed by atoms with Gasteiger partial charge in [0.25, 0.3) is 0 Å². The number of nitrogens with one attached hydrogen (secondary N) is 2. The van der Waals surface area contributed by atoms with Gasteiger partial charge in [-0.2, -0.15) is 4.80 Å². The van der Waals surface area contributed by atoms with Crippen molar-refractivity contribution in [3.8, 4) is 11.4 Å². The van der Waals surface area contributed by atoms with Gasteiger partial charge in [-0.15, -0.1) is 22.6 Å². The third-order valence-corrected chi connectivity index (χ3v) is 4.28. The first-order valence-electron chi connectivity index (χ1n) is 8.04. The van der Waals surface area contributed by atoms with E-state index >= 15 is 0 Å². The lowest BCUT2D eigenvalue weighted by molar-refractivity contribution is -0.125. The normalized spacial score (nSPS) is 21.6. The Morgan fingerprint density at radius 1 is 1.38 bits per heavy atom. The average Bonchev–Trinajstić information content (AvgIpc) is 3.07. The van der Waals surface area contributed by atoms with Gasteiger partial charge < -0.3 is 10.6 Å². The highest BCUT2D eigenvalue weighted by atomic mass is 35.5. The summed E-state index contributed by atoms with van der Waals surface area (Å²) in [7, 11) is 0. The molecule has 1 aromatic heterocycles. The Morgan fingerprint density at radius 2 is 2.12 bits per heavy atom. The molecule has 1 aromatic carbocycles. The molecule has 0 aliphatic carbocycles. The third-order valence-electron chi connectivity index (χ3n) is 4.28. The van der Waals surface area contributed by atoms with Crippen molar-refractivity contribution in [2.24, 2.45) is 0 Å². The molecular formula is C16H23ClN6O. The zero-order chi connectivity index (χ0) is 16.2. The number of tetrazole rings is 1. The van der Waals surface area contributed by atoms with E-state index in [9.17, 15) is 4.79 Å². The molecule has 2 N–H and O–H groups in total. The first-order valence-corrected chi connectivity index (χ1v) is 8.04. The molecule has 0 radical (unpaired) electrons. The number of nitrogens with zero attached hydrogens (tertiary/aromatic N) is 4. The van der Waals surface area contributed by atoms with Gasteiger partial charge in [0.05, 0.1) is 0 Å². The second-order valence-electron chi connectivity index (χ2n) is 5.98. The van der Waals surface area contributed by atoms with Crippen LogP contribution < -0.4 is 10.6 Å². The summed E-state index contributed by atoms with van der Waals surface area (Å²) in [6, 6.07) is 9.55. The maximum absolute atomic E-state index is 12.4. The van der Waals surface area contributed by atoms with Crippen LogP contribution >= 0.6 is 12.4 Å². The predicted octanol–water partition coefficient (Wildman–Crippen LogP) is 1.58. The number of carbonyl (C=O) groups is 1. The molecule has 1 aliphatic rings. The van der Waals surface area contributed by atoms with Crippen molar-refractivity contribution < 1.29 is 4.79 Å². The fraction of sp³-hybridized carbons (Fsp3) is 0.500. The summed E-state index contributed by atoms with van der Waals surface area (Å²) >= 11 is 0. The lowest BCUT2D eigenvalue weighted by atomic mass is 9.99. The van der Waals surface area contributed by atoms with Crippen LogP contribution in [0.15, 0.2) is 30.3 Å². The molecule has 3 atom stereocenters. The lowest BCUT2D eigenvalue weighted by Gasteiger charge is -2.31. The summed E-state index contributed by atoms with van der Waals surface area (Å²) in [5, 5.41) is 18.9. The molecule has 3 rings (SSSR count). The maximum Gasteiger partial charge on any atom is 0.246 e. The maximum atomic E-state index is 12.4. The number of piperidine rings is 1. The molecule has 1 amide bonds. The van der Waals surface area contributed by atoms with Crippen molar-refractivity contribution in [1.29, 1.82) is 0 Å². The van der Waals surface area contributed by atoms with E-state index in [1.807, 2.05) is 30.3 Å². The van der Waals surface area contributed by atoms with Gasteiger partial charge in [-0.25, -0.2) is 0 Å². The molecule has 2 aromatic rings. The van der Waals surface area contributed by atoms with E-state index in [1.165, 1.54) is 4.80 Å². The van der Waals surface area contributed by atoms with Crippen LogP contribution in [0.2, 0.25) is 0 Å². The van der Waals surface area contributed by atoms with Crippen LogP contribution in [-0.4, -0.2) is 44.7 Å². The predicted molar refractivity (Wildman–Crippen MR) is 93.8 cm³/mol. The monoisotopic (exact) mass is 350 g/mol. The van der Waals surface area contributed by atoms with Crippen molar-refractivity contribution in [2.75, 3.05) is 6.54 Å². The van der Waals surface area contributed by atoms with E-state index < -0.39 is 6.04 Å². The van der Waals surface area contributed by atoms with Gasteiger partial charge in [0.1, 0.15) is 6.04 Å². The first kappa shape index (κ1) is 18.4. The van der Waals surface area contributed by atoms with Crippen LogP contribution in [0.1, 0.15) is 32.7 Å². The molecule has 3 unspecified atom stereocenters. The van der Waals surface area contributed by atoms with Gasteiger partial charge in [-0.1, -0.05) is 30.3 Å². The SMILES string of the molecule is CC1NCCCC1NC(=O)C(C)n1nnc(-c2ccccc2)n1.Cl. The van der Waals surface area contributed by atoms with Gasteiger partial charge in [0.15, 0.2) is 0 Å². The van der Waals surface area contributed by atoms with Gasteiger partial charge in [0.2, 0.25) is 11.7 Å². The highest BCUT2D eigenvalue weighted by Crippen LogP contribution is 2.14. The number of rotatable bonds is 4. The molecule has 24 heavy (non-hydrogen) atoms. The van der Waals surface area contributed by atoms with Crippen molar-refractivity contribution in [1.82, 2.24) is 30.8 Å². The van der Waals surface area contributed by atoms with E-state index in [0.29, 0.717) is 5.82 Å². The summed E-state index contributed by atoms with van der Waals surface area (Å²) in [5.74, 6) is 0.445. The minimum atomic E-state index is -0.492. The van der Waals surface area contributed by atoms with E-state index in [-0.39, 0.29) is 30.4 Å². The molecule has 0 saturated carbocycles. The Labute approximate surface area is 147 Å². The van der Waals surface area contributed by atoms with Crippen LogP contribution in [0.3, 0.4) is 0 Å². The van der Waals surface area contributed by atoms with E-state index in [2.05, 4.69) is 33.0 Å². The number of hydrogen-bond donors (Lipinski definition) is 2. The zero-order valence-electron chi connectivity index (χ0n) is 13.8. The Bertz CT molecular complexity index is 662. The van der Waals surface area contributed by atoms with Gasteiger partial charge in [-0.3, -0.25) is 4.79 Å². The standard InChI is InChI=1S/C16H22N6O.ClH/c1-11-14(9-6-10-17-11)18-16(23)12(2)22-20-15(19-21-22)13-7-4-3-5-8-13;/h3-5,7-8,11-12,14,17H,6,9-10H2,1-2H3,(H,18,23);1H. The number of hydrogen-bond acceptors (Lipinski definition) is 5. The number of amides is 1. The Balaban J connectivity index is 0.00000208. The van der Waals surface area contributed by atoms with Crippen molar-refractivity contribution in [3.63, 3.8) is 0 Å². The molecule has 1 aliphatic heterocycles. The fourth-order valence-electron chi connectivity index (χ4n) is 2.74. The molecule has 8 heteroatoms. The Morgan fingerprint density at radius 3 is 2.83 bits per heavy atom. The quantitative estimate of drug-likeness (QED) is 0.874. The average molecular weight is 351 g/mol. The van der Waals surface area contributed by atoms with E-state index in [1.54, 1.807) is 6.92 Å². The molecule has 1 fully saturated rings. The second kappa shape index (κ2) is 8.21. The van der Waals surface area contributed by atoms with Gasteiger partial charge in [0, 0.05) is 17.6 Å². The fourth-order valence-corrected chi connectivity index (χ4v) is 2.74. The Hall–Kier alpha value is -1.99. The topological polar surface area (TPSA) is 84.7 Å². The van der Waals surface area contributed by atoms with Crippen LogP contribution in [0.25, 0.3) is 11.4 Å². The van der Waals surface area contributed by atoms with Crippen LogP contribution in [0.5, 0.6) is 0 Å². The second-order valence-corrected chi connectivity index (χ2v) is 5.98. The Kier molecular flexibility index (Phi) is 6.28. The molecule has 0 spiro atoms. The summed E-state index contributed by atoms with van der Waals surface area (Å²) in [4.78, 5) is 13.8. The summed E-state index contributed by atoms with van der Waals surface area (Å²) in [6.07, 6.45) is 2.07. The number of halogens is 1. The number of benzene rings is 1. The highest BCUT2D eigenvalue weighted by molar-refractivity contribution is 5.85. The largest absolute Gasteiger partial charge is 0.350 e. The summed E-state index contributed by atoms with van der Waals surface area (Å²) < 4.78 is 0. The van der Waals surface area contributed by atoms with Crippen LogP contribution in [-0.2, 0) is 4.79 Å². The van der Waals surface area contributed by atoms with Crippen molar-refractivity contribution >= 4 is 18.3 Å². The molecule has 2 heterocycles. The van der Waals surface area contributed by atoms with Crippen molar-refractivity contribution in [2.45, 2.75) is 44.8 Å². The van der Waals surface area contributed by atoms with Crippen LogP contribution in [0, 0.1) is 0 Å². The number of aromatic nitrogens is 4. The molecule has 0 bridgehead atoms. The van der Waals surface area contributed by atoms with E-state index in [4.69, 9.17) is 0 Å². The number of carbonyl (C=O) groups excluding carboxylic acids is 1. The lowest BCUT2D eigenvalue weighted by Crippen LogP contribution is -2.53. The highest BCUT2D eigenvalue weighted by Gasteiger charge is 2.26. The van der Waals surface area contributed by atoms with Crippen molar-refractivity contribution in [3.05, 3.63) is 30.3 Å². The first-order chi connectivity index (χ1) is 11.1. The van der Waals surface area contributed by atoms with Gasteiger partial charge in [-0.05, 0) is 38.4 Å². The van der Waals surface area contributed by atoms with Crippen LogP contribution in [0.4, 0.5) is 0 Å². The summed E-state index contributed by atoms with van der Waals surface area (Å²) in [5.41, 5.74) is 0.886. The molecular weight excluding hydrogens is 328 g/mol. The molecule has 1 saturated heterocycles. The van der Waals surface area contributed by atoms with Gasteiger partial charge >= 0.3 is 0 Å². The summed E-state index contributed by atoms with van der Waals surface area (Å²) in [6.45, 7) is 4.89. The minimum Gasteiger partial charge on any atom is -0.350 e. The molecule has 130 valence electrons. The molecule has 7 nitrogen and oxygen atoms in total. The third kappa shape index (κ3) is 4.10. The smallest absolute Gasteiger partial charge is 0.246 e. The minimum absolute atomic E-state index is 0. The van der Waals surface area contributed by atoms with E-state index in [0.717, 1.165) is 24.9 Å².